The highest BCUT2D eigenvalue weighted by Gasteiger charge is 2.46. The van der Waals surface area contributed by atoms with E-state index < -0.39 is 29.7 Å². The van der Waals surface area contributed by atoms with Crippen molar-refractivity contribution in [3.8, 4) is 22.6 Å². The molecule has 1 amide bonds. The van der Waals surface area contributed by atoms with E-state index in [1.165, 1.54) is 20.3 Å². The molecule has 220 valence electrons. The van der Waals surface area contributed by atoms with Crippen LogP contribution in [0.15, 0.2) is 36.4 Å². The molecule has 4 N–H and O–H groups in total. The van der Waals surface area contributed by atoms with Crippen molar-refractivity contribution in [2.45, 2.75) is 56.0 Å². The number of unbranched alkanes of at least 4 members (excludes halogenated alkanes) is 1. The Bertz CT molecular complexity index is 1130. The molecule has 0 bridgehead atoms. The molecule has 1 heterocycles. The van der Waals surface area contributed by atoms with Crippen molar-refractivity contribution in [1.82, 2.24) is 4.90 Å². The van der Waals surface area contributed by atoms with Crippen LogP contribution < -0.4 is 15.2 Å². The van der Waals surface area contributed by atoms with Gasteiger partial charge in [-0.3, -0.25) is 4.79 Å². The third kappa shape index (κ3) is 6.42. The molecule has 5 atom stereocenters. The van der Waals surface area contributed by atoms with E-state index in [-0.39, 0.29) is 37.0 Å². The number of aliphatic hydroxyl groups excluding tert-OH is 1. The van der Waals surface area contributed by atoms with E-state index in [1.807, 2.05) is 0 Å². The highest BCUT2D eigenvalue weighted by molar-refractivity contribution is 5.79. The molecule has 40 heavy (non-hydrogen) atoms. The van der Waals surface area contributed by atoms with Crippen molar-refractivity contribution in [3.63, 3.8) is 0 Å². The largest absolute Gasteiger partial charge is 0.497 e. The van der Waals surface area contributed by atoms with Gasteiger partial charge in [0, 0.05) is 43.9 Å². The second-order valence-corrected chi connectivity index (χ2v) is 10.7. The first-order chi connectivity index (χ1) is 19.2. The van der Waals surface area contributed by atoms with Crippen molar-refractivity contribution in [2.75, 3.05) is 47.6 Å². The number of nitrogens with two attached hydrogens (primary N) is 1. The summed E-state index contributed by atoms with van der Waals surface area (Å²) in [6, 6.07) is 9.28. The minimum atomic E-state index is -1.63. The summed E-state index contributed by atoms with van der Waals surface area (Å²) in [5, 5.41) is 22.6. The van der Waals surface area contributed by atoms with E-state index in [4.69, 9.17) is 24.7 Å². The average molecular weight is 561 g/mol. The number of rotatable bonds is 11. The second kappa shape index (κ2) is 13.3. The van der Waals surface area contributed by atoms with Crippen molar-refractivity contribution in [3.05, 3.63) is 47.8 Å². The van der Waals surface area contributed by atoms with Crippen LogP contribution in [0.4, 0.5) is 4.39 Å². The number of aliphatic hydroxyl groups is 2. The summed E-state index contributed by atoms with van der Waals surface area (Å²) < 4.78 is 37.9. The quantitative estimate of drug-likeness (QED) is 0.359. The number of ether oxygens (including phenoxy) is 4. The van der Waals surface area contributed by atoms with Gasteiger partial charge in [-0.25, -0.2) is 4.39 Å². The average Bonchev–Trinajstić information content (AvgIpc) is 3.31. The molecule has 10 heteroatoms. The smallest absolute Gasteiger partial charge is 0.226 e. The van der Waals surface area contributed by atoms with E-state index in [0.717, 1.165) is 0 Å². The summed E-state index contributed by atoms with van der Waals surface area (Å²) in [6.07, 6.45) is 0.722. The molecule has 9 nitrogen and oxygen atoms in total. The molecule has 1 saturated carbocycles. The fourth-order valence-electron chi connectivity index (χ4n) is 5.89. The molecule has 1 aliphatic heterocycles. The molecule has 4 rings (SSSR count). The zero-order valence-electron chi connectivity index (χ0n) is 23.5. The highest BCUT2D eigenvalue weighted by atomic mass is 19.1. The number of carbonyl (C=O) groups is 1. The minimum absolute atomic E-state index is 0.112. The SMILES string of the molecule is COCCCC[C@@](O)(c1cccc(F)c1-c1cc(OC)cc(OC)c1)[C@H]1CN(C(=O)C2C[C@@H](N)[C@@H](O)C2)CCO1. The minimum Gasteiger partial charge on any atom is -0.497 e. The van der Waals surface area contributed by atoms with Crippen molar-refractivity contribution in [2.24, 2.45) is 11.7 Å². The van der Waals surface area contributed by atoms with Crippen LogP contribution in [0.3, 0.4) is 0 Å². The van der Waals surface area contributed by atoms with Gasteiger partial charge in [0.25, 0.3) is 0 Å². The Morgan fingerprint density at radius 1 is 1.15 bits per heavy atom. The van der Waals surface area contributed by atoms with Gasteiger partial charge in [-0.15, -0.1) is 0 Å². The van der Waals surface area contributed by atoms with Crippen LogP contribution in [-0.4, -0.2) is 86.9 Å². The molecular formula is C30H41FN2O7. The third-order valence-electron chi connectivity index (χ3n) is 8.11. The predicted octanol–water partition coefficient (Wildman–Crippen LogP) is 2.84. The van der Waals surface area contributed by atoms with Crippen LogP contribution in [0.2, 0.25) is 0 Å². The first kappa shape index (κ1) is 30.2. The molecule has 2 aromatic carbocycles. The predicted molar refractivity (Wildman–Crippen MR) is 148 cm³/mol. The summed E-state index contributed by atoms with van der Waals surface area (Å²) in [5.41, 5.74) is 5.39. The van der Waals surface area contributed by atoms with E-state index in [1.54, 1.807) is 42.3 Å². The zero-order chi connectivity index (χ0) is 28.9. The molecule has 0 aromatic heterocycles. The van der Waals surface area contributed by atoms with Gasteiger partial charge in [0.2, 0.25) is 5.91 Å². The first-order valence-corrected chi connectivity index (χ1v) is 13.8. The van der Waals surface area contributed by atoms with Gasteiger partial charge < -0.3 is 39.8 Å². The molecule has 0 radical (unpaired) electrons. The van der Waals surface area contributed by atoms with E-state index >= 15 is 4.39 Å². The van der Waals surface area contributed by atoms with E-state index in [2.05, 4.69) is 0 Å². The normalized spacial score (nSPS) is 24.5. The fraction of sp³-hybridized carbons (Fsp3) is 0.567. The second-order valence-electron chi connectivity index (χ2n) is 10.7. The summed E-state index contributed by atoms with van der Waals surface area (Å²) >= 11 is 0. The van der Waals surface area contributed by atoms with Crippen LogP contribution in [-0.2, 0) is 19.9 Å². The summed E-state index contributed by atoms with van der Waals surface area (Å²) in [5.74, 6) is -0.0444. The summed E-state index contributed by atoms with van der Waals surface area (Å²) in [4.78, 5) is 15.1. The first-order valence-electron chi connectivity index (χ1n) is 13.8. The Morgan fingerprint density at radius 2 is 1.88 bits per heavy atom. The number of halogens is 1. The zero-order valence-corrected chi connectivity index (χ0v) is 23.5. The van der Waals surface area contributed by atoms with Gasteiger partial charge in [-0.1, -0.05) is 12.1 Å². The number of amides is 1. The number of nitrogens with zero attached hydrogens (tertiary/aromatic N) is 1. The van der Waals surface area contributed by atoms with Crippen molar-refractivity contribution in [1.29, 1.82) is 0 Å². The van der Waals surface area contributed by atoms with Crippen LogP contribution in [0.5, 0.6) is 11.5 Å². The summed E-state index contributed by atoms with van der Waals surface area (Å²) in [7, 11) is 4.65. The molecule has 2 fully saturated rings. The number of methoxy groups -OCH3 is 3. The summed E-state index contributed by atoms with van der Waals surface area (Å²) in [6.45, 7) is 1.22. The van der Waals surface area contributed by atoms with Crippen molar-refractivity contribution >= 4 is 5.91 Å². The lowest BCUT2D eigenvalue weighted by Gasteiger charge is -2.43. The van der Waals surface area contributed by atoms with Crippen LogP contribution in [0.1, 0.15) is 37.7 Å². The topological polar surface area (TPSA) is 124 Å². The van der Waals surface area contributed by atoms with Gasteiger partial charge in [0.05, 0.1) is 33.5 Å². The Hall–Kier alpha value is -2.76. The maximum Gasteiger partial charge on any atom is 0.226 e. The molecule has 1 saturated heterocycles. The Morgan fingerprint density at radius 3 is 2.50 bits per heavy atom. The fourth-order valence-corrected chi connectivity index (χ4v) is 5.89. The van der Waals surface area contributed by atoms with Gasteiger partial charge in [0.1, 0.15) is 29.0 Å². The van der Waals surface area contributed by atoms with Crippen molar-refractivity contribution < 1.29 is 38.3 Å². The van der Waals surface area contributed by atoms with Gasteiger partial charge in [-0.05, 0) is 61.4 Å². The maximum absolute atomic E-state index is 15.7. The molecular weight excluding hydrogens is 519 g/mol. The van der Waals surface area contributed by atoms with E-state index in [9.17, 15) is 15.0 Å². The van der Waals surface area contributed by atoms with Crippen LogP contribution in [0.25, 0.3) is 11.1 Å². The Kier molecular flexibility index (Phi) is 10.0. The molecule has 1 unspecified atom stereocenters. The molecule has 2 aromatic rings. The number of hydrogen-bond acceptors (Lipinski definition) is 8. The maximum atomic E-state index is 15.7. The molecule has 2 aliphatic rings. The standard InChI is InChI=1S/C30H41FN2O7/c1-37-11-5-4-9-30(36,27-18-33(10-12-40-27)29(35)20-15-25(32)26(34)16-20)23-7-6-8-24(31)28(23)19-13-21(38-2)17-22(14-19)39-3/h6-8,13-14,17,20,25-27,34,36H,4-5,9-12,15-16,18,32H2,1-3H3/t20?,25-,26+,27-,30-/m1/s1. The van der Waals surface area contributed by atoms with Crippen LogP contribution in [0, 0.1) is 11.7 Å². The monoisotopic (exact) mass is 560 g/mol. The molecule has 1 aliphatic carbocycles. The molecule has 0 spiro atoms. The highest BCUT2D eigenvalue weighted by Crippen LogP contribution is 2.43. The number of benzene rings is 2. The lowest BCUT2D eigenvalue weighted by molar-refractivity contribution is -0.167. The van der Waals surface area contributed by atoms with E-state index in [0.29, 0.717) is 61.5 Å². The Labute approximate surface area is 235 Å². The van der Waals surface area contributed by atoms with Crippen LogP contribution >= 0.6 is 0 Å². The number of hydrogen-bond donors (Lipinski definition) is 3. The lowest BCUT2D eigenvalue weighted by atomic mass is 9.78. The third-order valence-corrected chi connectivity index (χ3v) is 8.11. The Balaban J connectivity index is 1.73. The number of carbonyl (C=O) groups excluding carboxylic acids is 1. The number of morpholine rings is 1. The van der Waals surface area contributed by atoms with Gasteiger partial charge in [-0.2, -0.15) is 0 Å². The van der Waals surface area contributed by atoms with Gasteiger partial charge in [0.15, 0.2) is 0 Å². The van der Waals surface area contributed by atoms with Gasteiger partial charge >= 0.3 is 0 Å². The lowest BCUT2D eigenvalue weighted by Crippen LogP contribution is -2.55.